The summed E-state index contributed by atoms with van der Waals surface area (Å²) < 4.78 is 4.82. The van der Waals surface area contributed by atoms with Crippen LogP contribution in [0.2, 0.25) is 0 Å². The van der Waals surface area contributed by atoms with Crippen molar-refractivity contribution in [2.24, 2.45) is 0 Å². The van der Waals surface area contributed by atoms with Crippen LogP contribution in [0, 0.1) is 0 Å². The van der Waals surface area contributed by atoms with Gasteiger partial charge in [-0.05, 0) is 12.1 Å². The first-order valence-corrected chi connectivity index (χ1v) is 5.38. The molecule has 0 aliphatic heterocycles. The predicted octanol–water partition coefficient (Wildman–Crippen LogP) is 1.32. The van der Waals surface area contributed by atoms with E-state index in [9.17, 15) is 4.79 Å². The molecule has 1 N–H and O–H groups in total. The number of pyridine rings is 1. The van der Waals surface area contributed by atoms with Gasteiger partial charge in [-0.15, -0.1) is 0 Å². The number of amides is 1. The van der Waals surface area contributed by atoms with E-state index in [0.717, 1.165) is 11.4 Å². The summed E-state index contributed by atoms with van der Waals surface area (Å²) in [5.74, 6) is -0.0151. The van der Waals surface area contributed by atoms with Crippen molar-refractivity contribution >= 4 is 5.91 Å². The zero-order valence-corrected chi connectivity index (χ0v) is 9.30. The Hall–Kier alpha value is -2.17. The molecule has 0 bridgehead atoms. The molecule has 0 radical (unpaired) electrons. The van der Waals surface area contributed by atoms with E-state index in [-0.39, 0.29) is 5.91 Å². The molecule has 17 heavy (non-hydrogen) atoms. The number of rotatable bonds is 5. The van der Waals surface area contributed by atoms with Crippen molar-refractivity contribution in [1.29, 1.82) is 0 Å². The number of carbonyl (C=O) groups excluding carboxylic acids is 1. The molecule has 0 saturated carbocycles. The second-order valence-corrected chi connectivity index (χ2v) is 3.58. The third-order valence-electron chi connectivity index (χ3n) is 2.28. The van der Waals surface area contributed by atoms with Crippen LogP contribution >= 0.6 is 0 Å². The summed E-state index contributed by atoms with van der Waals surface area (Å²) in [5.41, 5.74) is 1.64. The molecule has 2 rings (SSSR count). The fourth-order valence-electron chi connectivity index (χ4n) is 1.38. The molecule has 0 aromatic carbocycles. The molecule has 0 spiro atoms. The van der Waals surface area contributed by atoms with Gasteiger partial charge in [0.05, 0.1) is 17.9 Å². The van der Waals surface area contributed by atoms with E-state index in [1.54, 1.807) is 12.5 Å². The molecule has 5 heteroatoms. The Balaban J connectivity index is 1.71. The van der Waals surface area contributed by atoms with E-state index in [1.165, 1.54) is 6.39 Å². The third-order valence-corrected chi connectivity index (χ3v) is 2.28. The fraction of sp³-hybridized carbons (Fsp3) is 0.250. The fourth-order valence-corrected chi connectivity index (χ4v) is 1.38. The van der Waals surface area contributed by atoms with Gasteiger partial charge < -0.3 is 9.73 Å². The number of hydrogen-bond donors (Lipinski definition) is 1. The maximum atomic E-state index is 11.5. The number of nitrogens with zero attached hydrogens (tertiary/aromatic N) is 2. The number of carbonyl (C=O) groups is 1. The molecule has 2 aromatic rings. The minimum absolute atomic E-state index is 0.0151. The van der Waals surface area contributed by atoms with Gasteiger partial charge in [-0.25, -0.2) is 4.98 Å². The van der Waals surface area contributed by atoms with Gasteiger partial charge in [0, 0.05) is 19.0 Å². The van der Waals surface area contributed by atoms with Crippen LogP contribution in [0.1, 0.15) is 17.8 Å². The molecule has 0 saturated heterocycles. The zero-order valence-electron chi connectivity index (χ0n) is 9.30. The smallest absolute Gasteiger partial charge is 0.220 e. The predicted molar refractivity (Wildman–Crippen MR) is 60.9 cm³/mol. The molecule has 0 aliphatic rings. The van der Waals surface area contributed by atoms with Crippen molar-refractivity contribution in [2.45, 2.75) is 19.4 Å². The second-order valence-electron chi connectivity index (χ2n) is 3.58. The summed E-state index contributed by atoms with van der Waals surface area (Å²) in [5, 5.41) is 2.80. The molecule has 2 heterocycles. The Bertz CT molecular complexity index is 454. The van der Waals surface area contributed by atoms with Crippen LogP contribution in [0.25, 0.3) is 0 Å². The van der Waals surface area contributed by atoms with Gasteiger partial charge in [-0.3, -0.25) is 9.78 Å². The summed E-state index contributed by atoms with van der Waals surface area (Å²) in [4.78, 5) is 19.6. The van der Waals surface area contributed by atoms with Gasteiger partial charge in [0.15, 0.2) is 6.39 Å². The van der Waals surface area contributed by atoms with Crippen LogP contribution in [0.5, 0.6) is 0 Å². The first-order valence-electron chi connectivity index (χ1n) is 5.38. The van der Waals surface area contributed by atoms with Crippen LogP contribution in [0.15, 0.2) is 41.5 Å². The number of aromatic nitrogens is 2. The van der Waals surface area contributed by atoms with Crippen LogP contribution in [-0.2, 0) is 17.8 Å². The SMILES string of the molecule is O=C(CCc1cocn1)NCc1ccccn1. The number of aryl methyl sites for hydroxylation is 1. The molecule has 88 valence electrons. The van der Waals surface area contributed by atoms with Crippen LogP contribution < -0.4 is 5.32 Å². The summed E-state index contributed by atoms with van der Waals surface area (Å²) in [6, 6.07) is 5.61. The van der Waals surface area contributed by atoms with E-state index >= 15 is 0 Å². The van der Waals surface area contributed by atoms with Gasteiger partial charge >= 0.3 is 0 Å². The Morgan fingerprint density at radius 1 is 1.29 bits per heavy atom. The van der Waals surface area contributed by atoms with Gasteiger partial charge in [-0.2, -0.15) is 0 Å². The molecule has 0 aliphatic carbocycles. The van der Waals surface area contributed by atoms with E-state index < -0.39 is 0 Å². The maximum absolute atomic E-state index is 11.5. The summed E-state index contributed by atoms with van der Waals surface area (Å²) in [7, 11) is 0. The Morgan fingerprint density at radius 2 is 2.24 bits per heavy atom. The monoisotopic (exact) mass is 231 g/mol. The largest absolute Gasteiger partial charge is 0.451 e. The molecule has 5 nitrogen and oxygen atoms in total. The summed E-state index contributed by atoms with van der Waals surface area (Å²) in [6.07, 6.45) is 5.61. The molecular formula is C12H13N3O2. The van der Waals surface area contributed by atoms with E-state index in [1.807, 2.05) is 18.2 Å². The highest BCUT2D eigenvalue weighted by Crippen LogP contribution is 1.99. The number of hydrogen-bond acceptors (Lipinski definition) is 4. The van der Waals surface area contributed by atoms with Gasteiger partial charge in [-0.1, -0.05) is 6.07 Å². The minimum Gasteiger partial charge on any atom is -0.451 e. The molecular weight excluding hydrogens is 218 g/mol. The first kappa shape index (κ1) is 11.3. The van der Waals surface area contributed by atoms with Crippen molar-refractivity contribution in [3.05, 3.63) is 48.4 Å². The van der Waals surface area contributed by atoms with Crippen LogP contribution in [0.3, 0.4) is 0 Å². The van der Waals surface area contributed by atoms with Crippen molar-refractivity contribution in [1.82, 2.24) is 15.3 Å². The minimum atomic E-state index is -0.0151. The van der Waals surface area contributed by atoms with Gasteiger partial charge in [0.25, 0.3) is 0 Å². The highest BCUT2D eigenvalue weighted by molar-refractivity contribution is 5.75. The van der Waals surface area contributed by atoms with E-state index in [2.05, 4.69) is 15.3 Å². The van der Waals surface area contributed by atoms with Crippen molar-refractivity contribution in [2.75, 3.05) is 0 Å². The van der Waals surface area contributed by atoms with E-state index in [4.69, 9.17) is 4.42 Å². The first-order chi connectivity index (χ1) is 8.34. The Morgan fingerprint density at radius 3 is 2.94 bits per heavy atom. The van der Waals surface area contributed by atoms with Gasteiger partial charge in [0.2, 0.25) is 5.91 Å². The van der Waals surface area contributed by atoms with Crippen LogP contribution in [0.4, 0.5) is 0 Å². The lowest BCUT2D eigenvalue weighted by Gasteiger charge is -2.03. The molecule has 0 atom stereocenters. The van der Waals surface area contributed by atoms with Crippen molar-refractivity contribution in [3.63, 3.8) is 0 Å². The molecule has 2 aromatic heterocycles. The quantitative estimate of drug-likeness (QED) is 0.842. The topological polar surface area (TPSA) is 68.0 Å². The molecule has 1 amide bonds. The Labute approximate surface area is 98.9 Å². The summed E-state index contributed by atoms with van der Waals surface area (Å²) >= 11 is 0. The standard InChI is InChI=1S/C12H13N3O2/c16-12(5-4-11-8-17-9-15-11)14-7-10-3-1-2-6-13-10/h1-3,6,8-9H,4-5,7H2,(H,14,16). The normalized spacial score (nSPS) is 10.1. The third kappa shape index (κ3) is 3.71. The van der Waals surface area contributed by atoms with Crippen molar-refractivity contribution in [3.8, 4) is 0 Å². The maximum Gasteiger partial charge on any atom is 0.220 e. The average Bonchev–Trinajstić information content (AvgIpc) is 2.88. The highest BCUT2D eigenvalue weighted by Gasteiger charge is 2.04. The average molecular weight is 231 g/mol. The number of nitrogens with one attached hydrogen (secondary N) is 1. The second kappa shape index (κ2) is 5.79. The Kier molecular flexibility index (Phi) is 3.85. The van der Waals surface area contributed by atoms with Gasteiger partial charge in [0.1, 0.15) is 6.26 Å². The number of oxazole rings is 1. The van der Waals surface area contributed by atoms with Crippen molar-refractivity contribution < 1.29 is 9.21 Å². The molecule has 0 unspecified atom stereocenters. The lowest BCUT2D eigenvalue weighted by atomic mass is 10.2. The lowest BCUT2D eigenvalue weighted by Crippen LogP contribution is -2.23. The van der Waals surface area contributed by atoms with Crippen LogP contribution in [-0.4, -0.2) is 15.9 Å². The molecule has 0 fully saturated rings. The zero-order chi connectivity index (χ0) is 11.9. The lowest BCUT2D eigenvalue weighted by molar-refractivity contribution is -0.121. The van der Waals surface area contributed by atoms with E-state index in [0.29, 0.717) is 19.4 Å². The summed E-state index contributed by atoms with van der Waals surface area (Å²) in [6.45, 7) is 0.457. The highest BCUT2D eigenvalue weighted by atomic mass is 16.3.